The number of benzene rings is 1. The number of nitrogens with zero attached hydrogens (tertiary/aromatic N) is 3. The number of piperidine rings is 1. The average Bonchev–Trinajstić information content (AvgIpc) is 3.07. The molecule has 2 heterocycles. The van der Waals surface area contributed by atoms with E-state index in [9.17, 15) is 17.6 Å². The van der Waals surface area contributed by atoms with Crippen LogP contribution in [0.4, 0.5) is 10.2 Å². The SMILES string of the molecule is O=C(c1ccc(F)cc1S(=O)(=O)Nc1csnn1)N1CCCCC1. The maximum atomic E-state index is 13.6. The van der Waals surface area contributed by atoms with Crippen LogP contribution in [0.2, 0.25) is 0 Å². The van der Waals surface area contributed by atoms with E-state index in [4.69, 9.17) is 0 Å². The van der Waals surface area contributed by atoms with Crippen LogP contribution >= 0.6 is 11.5 Å². The fourth-order valence-electron chi connectivity index (χ4n) is 2.56. The fraction of sp³-hybridized carbons (Fsp3) is 0.357. The number of nitrogens with one attached hydrogen (secondary N) is 1. The Kier molecular flexibility index (Phi) is 4.76. The van der Waals surface area contributed by atoms with Crippen LogP contribution in [0.5, 0.6) is 0 Å². The Balaban J connectivity index is 1.97. The van der Waals surface area contributed by atoms with Crippen molar-refractivity contribution < 1.29 is 17.6 Å². The Morgan fingerprint density at radius 1 is 1.25 bits per heavy atom. The molecule has 0 aliphatic carbocycles. The van der Waals surface area contributed by atoms with Gasteiger partial charge >= 0.3 is 0 Å². The summed E-state index contributed by atoms with van der Waals surface area (Å²) < 4.78 is 44.5. The minimum atomic E-state index is -4.15. The van der Waals surface area contributed by atoms with Crippen LogP contribution in [0, 0.1) is 5.82 Å². The van der Waals surface area contributed by atoms with E-state index in [1.807, 2.05) is 0 Å². The normalized spacial score (nSPS) is 15.3. The second kappa shape index (κ2) is 6.81. The number of amides is 1. The largest absolute Gasteiger partial charge is 0.339 e. The second-order valence-corrected chi connectivity index (χ2v) is 7.65. The molecule has 0 spiro atoms. The van der Waals surface area contributed by atoms with Crippen LogP contribution < -0.4 is 4.72 Å². The Morgan fingerprint density at radius 3 is 2.67 bits per heavy atom. The standard InChI is InChI=1S/C14H15FN4O3S2/c15-10-4-5-11(14(20)19-6-2-1-3-7-19)12(8-10)24(21,22)17-13-9-23-18-16-13/h4-5,8-9,17H,1-3,6-7H2. The van der Waals surface area contributed by atoms with Gasteiger partial charge in [-0.05, 0) is 49.0 Å². The monoisotopic (exact) mass is 370 g/mol. The van der Waals surface area contributed by atoms with E-state index in [0.29, 0.717) is 13.1 Å². The predicted octanol–water partition coefficient (Wildman–Crippen LogP) is 2.10. The van der Waals surface area contributed by atoms with Crippen molar-refractivity contribution in [2.24, 2.45) is 0 Å². The van der Waals surface area contributed by atoms with Gasteiger partial charge in [0.2, 0.25) is 0 Å². The number of halogens is 1. The predicted molar refractivity (Wildman–Crippen MR) is 86.9 cm³/mol. The molecule has 0 radical (unpaired) electrons. The van der Waals surface area contributed by atoms with E-state index in [2.05, 4.69) is 14.3 Å². The third kappa shape index (κ3) is 3.54. The molecule has 1 fully saturated rings. The highest BCUT2D eigenvalue weighted by Crippen LogP contribution is 2.23. The number of anilines is 1. The molecule has 1 N–H and O–H groups in total. The highest BCUT2D eigenvalue weighted by molar-refractivity contribution is 7.92. The molecule has 0 unspecified atom stereocenters. The first-order valence-corrected chi connectivity index (χ1v) is 9.68. The highest BCUT2D eigenvalue weighted by atomic mass is 32.2. The van der Waals surface area contributed by atoms with Crippen molar-refractivity contribution in [2.75, 3.05) is 17.8 Å². The molecule has 10 heteroatoms. The molecule has 1 aliphatic rings. The highest BCUT2D eigenvalue weighted by Gasteiger charge is 2.27. The van der Waals surface area contributed by atoms with Gasteiger partial charge in [0.05, 0.1) is 10.9 Å². The minimum absolute atomic E-state index is 0.0284. The Labute approximate surface area is 142 Å². The minimum Gasteiger partial charge on any atom is -0.339 e. The molecule has 0 atom stereocenters. The third-order valence-corrected chi connectivity index (χ3v) is 5.61. The van der Waals surface area contributed by atoms with Crippen molar-refractivity contribution in [1.29, 1.82) is 0 Å². The van der Waals surface area contributed by atoms with Crippen molar-refractivity contribution in [3.63, 3.8) is 0 Å². The van der Waals surface area contributed by atoms with Gasteiger partial charge < -0.3 is 4.90 Å². The van der Waals surface area contributed by atoms with Crippen molar-refractivity contribution >= 4 is 33.3 Å². The summed E-state index contributed by atoms with van der Waals surface area (Å²) in [5.74, 6) is -1.12. The van der Waals surface area contributed by atoms with Gasteiger partial charge in [-0.25, -0.2) is 12.8 Å². The zero-order valence-electron chi connectivity index (χ0n) is 12.6. The summed E-state index contributed by atoms with van der Waals surface area (Å²) in [6, 6.07) is 3.14. The van der Waals surface area contributed by atoms with Crippen LogP contribution in [-0.2, 0) is 10.0 Å². The lowest BCUT2D eigenvalue weighted by Crippen LogP contribution is -2.36. The van der Waals surface area contributed by atoms with Crippen LogP contribution in [0.25, 0.3) is 0 Å². The molecule has 0 bridgehead atoms. The van der Waals surface area contributed by atoms with E-state index in [1.165, 1.54) is 11.4 Å². The first-order chi connectivity index (χ1) is 11.5. The first kappa shape index (κ1) is 16.8. The van der Waals surface area contributed by atoms with Gasteiger partial charge in [0.25, 0.3) is 15.9 Å². The Morgan fingerprint density at radius 2 is 2.00 bits per heavy atom. The van der Waals surface area contributed by atoms with Crippen LogP contribution in [-0.4, -0.2) is 41.9 Å². The first-order valence-electron chi connectivity index (χ1n) is 7.36. The number of hydrogen-bond donors (Lipinski definition) is 1. The van der Waals surface area contributed by atoms with E-state index in [0.717, 1.165) is 42.9 Å². The number of hydrogen-bond acceptors (Lipinski definition) is 6. The van der Waals surface area contributed by atoms with Gasteiger partial charge in [0.1, 0.15) is 10.7 Å². The topological polar surface area (TPSA) is 92.3 Å². The van der Waals surface area contributed by atoms with E-state index in [1.54, 1.807) is 4.90 Å². The van der Waals surface area contributed by atoms with Crippen molar-refractivity contribution in [2.45, 2.75) is 24.2 Å². The number of aromatic nitrogens is 2. The maximum Gasteiger partial charge on any atom is 0.264 e. The van der Waals surface area contributed by atoms with Gasteiger partial charge in [0.15, 0.2) is 5.82 Å². The van der Waals surface area contributed by atoms with E-state index in [-0.39, 0.29) is 11.4 Å². The van der Waals surface area contributed by atoms with Crippen molar-refractivity contribution in [3.05, 3.63) is 35.0 Å². The number of carbonyl (C=O) groups is 1. The molecule has 1 aliphatic heterocycles. The van der Waals surface area contributed by atoms with Crippen molar-refractivity contribution in [3.8, 4) is 0 Å². The zero-order chi connectivity index (χ0) is 17.2. The van der Waals surface area contributed by atoms with Gasteiger partial charge in [-0.15, -0.1) is 5.10 Å². The molecule has 1 amide bonds. The van der Waals surface area contributed by atoms with Gasteiger partial charge in [-0.2, -0.15) is 0 Å². The number of sulfonamides is 1. The van der Waals surface area contributed by atoms with Gasteiger partial charge in [0, 0.05) is 13.1 Å². The lowest BCUT2D eigenvalue weighted by atomic mass is 10.1. The summed E-state index contributed by atoms with van der Waals surface area (Å²) in [6.45, 7) is 1.14. The molecule has 3 rings (SSSR count). The molecular weight excluding hydrogens is 355 g/mol. The van der Waals surface area contributed by atoms with E-state index >= 15 is 0 Å². The number of rotatable bonds is 4. The summed E-state index contributed by atoms with van der Waals surface area (Å²) in [4.78, 5) is 13.9. The maximum absolute atomic E-state index is 13.6. The second-order valence-electron chi connectivity index (χ2n) is 5.39. The van der Waals surface area contributed by atoms with Crippen LogP contribution in [0.1, 0.15) is 29.6 Å². The lowest BCUT2D eigenvalue weighted by Gasteiger charge is -2.27. The molecule has 1 aromatic heterocycles. The fourth-order valence-corrected chi connectivity index (χ4v) is 4.22. The summed E-state index contributed by atoms with van der Waals surface area (Å²) in [6.07, 6.45) is 2.78. The molecule has 2 aromatic rings. The van der Waals surface area contributed by atoms with E-state index < -0.39 is 26.6 Å². The van der Waals surface area contributed by atoms with Crippen molar-refractivity contribution in [1.82, 2.24) is 14.5 Å². The Hall–Kier alpha value is -2.07. The average molecular weight is 370 g/mol. The molecule has 0 saturated carbocycles. The van der Waals surface area contributed by atoms with Gasteiger partial charge in [-0.1, -0.05) is 4.49 Å². The van der Waals surface area contributed by atoms with Crippen LogP contribution in [0.3, 0.4) is 0 Å². The van der Waals surface area contributed by atoms with Gasteiger partial charge in [-0.3, -0.25) is 9.52 Å². The van der Waals surface area contributed by atoms with Crippen LogP contribution in [0.15, 0.2) is 28.5 Å². The Bertz CT molecular complexity index is 834. The molecule has 128 valence electrons. The quantitative estimate of drug-likeness (QED) is 0.890. The molecular formula is C14H15FN4O3S2. The zero-order valence-corrected chi connectivity index (χ0v) is 14.2. The summed E-state index contributed by atoms with van der Waals surface area (Å²) in [5, 5.41) is 5.01. The molecule has 7 nitrogen and oxygen atoms in total. The summed E-state index contributed by atoms with van der Waals surface area (Å²) in [5.41, 5.74) is -0.0472. The number of likely N-dealkylation sites (tertiary alicyclic amines) is 1. The summed E-state index contributed by atoms with van der Waals surface area (Å²) >= 11 is 0.975. The molecule has 1 aromatic carbocycles. The smallest absolute Gasteiger partial charge is 0.264 e. The number of carbonyl (C=O) groups excluding carboxylic acids is 1. The summed E-state index contributed by atoms with van der Waals surface area (Å²) in [7, 11) is -4.15. The lowest BCUT2D eigenvalue weighted by molar-refractivity contribution is 0.0720. The molecule has 1 saturated heterocycles. The third-order valence-electron chi connectivity index (χ3n) is 3.71. The molecule has 24 heavy (non-hydrogen) atoms.